The molecular formula is C11H15N3O2. The van der Waals surface area contributed by atoms with Crippen molar-refractivity contribution in [3.05, 3.63) is 24.3 Å². The lowest BCUT2D eigenvalue weighted by atomic mass is 9.99. The molecule has 2 rings (SSSR count). The number of hydrogen-bond donors (Lipinski definition) is 2. The van der Waals surface area contributed by atoms with Crippen LogP contribution in [0, 0.1) is 0 Å². The van der Waals surface area contributed by atoms with Crippen LogP contribution >= 0.6 is 0 Å². The van der Waals surface area contributed by atoms with Gasteiger partial charge in [-0.25, -0.2) is 4.98 Å². The maximum Gasteiger partial charge on any atom is 0.271 e. The molecule has 0 spiro atoms. The zero-order chi connectivity index (χ0) is 11.4. The minimum Gasteiger partial charge on any atom is -0.394 e. The predicted molar refractivity (Wildman–Crippen MR) is 57.8 cm³/mol. The molecule has 1 aromatic rings. The Morgan fingerprint density at radius 3 is 2.75 bits per heavy atom. The van der Waals surface area contributed by atoms with Crippen molar-refractivity contribution >= 4 is 5.91 Å². The van der Waals surface area contributed by atoms with Crippen molar-refractivity contribution in [2.45, 2.75) is 31.2 Å². The number of carbonyl (C=O) groups excluding carboxylic acids is 1. The first-order valence-corrected chi connectivity index (χ1v) is 5.45. The normalized spacial score (nSPS) is 18.3. The summed E-state index contributed by atoms with van der Waals surface area (Å²) >= 11 is 0. The zero-order valence-electron chi connectivity index (χ0n) is 9.02. The van der Waals surface area contributed by atoms with Gasteiger partial charge in [-0.1, -0.05) is 12.8 Å². The van der Waals surface area contributed by atoms with Crippen molar-refractivity contribution < 1.29 is 9.90 Å². The maximum atomic E-state index is 11.8. The van der Waals surface area contributed by atoms with E-state index in [9.17, 15) is 9.90 Å². The first-order valence-electron chi connectivity index (χ1n) is 5.45. The van der Waals surface area contributed by atoms with E-state index >= 15 is 0 Å². The van der Waals surface area contributed by atoms with Gasteiger partial charge in [-0.2, -0.15) is 0 Å². The van der Waals surface area contributed by atoms with Gasteiger partial charge in [0, 0.05) is 12.4 Å². The Kier molecular flexibility index (Phi) is 3.14. The average Bonchev–Trinajstić information content (AvgIpc) is 2.79. The summed E-state index contributed by atoms with van der Waals surface area (Å²) in [6.07, 6.45) is 8.17. The maximum absolute atomic E-state index is 11.8. The highest BCUT2D eigenvalue weighted by molar-refractivity contribution is 5.92. The standard InChI is InChI=1S/C11H15N3O2/c15-8-11(3-1-2-4-11)14-10(16)9-7-12-5-6-13-9/h5-7,15H,1-4,8H2,(H,14,16). The number of rotatable bonds is 3. The van der Waals surface area contributed by atoms with Crippen LogP contribution < -0.4 is 5.32 Å². The molecule has 0 saturated heterocycles. The van der Waals surface area contributed by atoms with Crippen LogP contribution in [-0.2, 0) is 0 Å². The summed E-state index contributed by atoms with van der Waals surface area (Å²) in [5, 5.41) is 12.2. The summed E-state index contributed by atoms with van der Waals surface area (Å²) in [5.74, 6) is -0.260. The van der Waals surface area contributed by atoms with E-state index in [2.05, 4.69) is 15.3 Å². The first kappa shape index (κ1) is 11.0. The molecule has 0 bridgehead atoms. The molecule has 5 nitrogen and oxygen atoms in total. The predicted octanol–water partition coefficient (Wildman–Crippen LogP) is 0.511. The summed E-state index contributed by atoms with van der Waals surface area (Å²) in [4.78, 5) is 19.6. The summed E-state index contributed by atoms with van der Waals surface area (Å²) in [7, 11) is 0. The lowest BCUT2D eigenvalue weighted by molar-refractivity contribution is 0.0833. The Morgan fingerprint density at radius 1 is 1.44 bits per heavy atom. The van der Waals surface area contributed by atoms with Crippen molar-refractivity contribution in [1.82, 2.24) is 15.3 Å². The molecule has 0 atom stereocenters. The van der Waals surface area contributed by atoms with Crippen LogP contribution in [-0.4, -0.2) is 33.1 Å². The molecule has 1 aliphatic rings. The second kappa shape index (κ2) is 4.57. The summed E-state index contributed by atoms with van der Waals surface area (Å²) in [5.41, 5.74) is -0.156. The van der Waals surface area contributed by atoms with Crippen molar-refractivity contribution in [3.8, 4) is 0 Å². The zero-order valence-corrected chi connectivity index (χ0v) is 9.02. The second-order valence-electron chi connectivity index (χ2n) is 4.19. The van der Waals surface area contributed by atoms with Gasteiger partial charge >= 0.3 is 0 Å². The quantitative estimate of drug-likeness (QED) is 0.780. The fourth-order valence-electron chi connectivity index (χ4n) is 2.10. The van der Waals surface area contributed by atoms with E-state index in [-0.39, 0.29) is 12.5 Å². The monoisotopic (exact) mass is 221 g/mol. The van der Waals surface area contributed by atoms with Gasteiger partial charge < -0.3 is 10.4 Å². The summed E-state index contributed by atoms with van der Waals surface area (Å²) in [6.45, 7) is -0.0149. The molecule has 2 N–H and O–H groups in total. The fourth-order valence-corrected chi connectivity index (χ4v) is 2.10. The molecule has 1 heterocycles. The van der Waals surface area contributed by atoms with Gasteiger partial charge in [0.15, 0.2) is 0 Å². The van der Waals surface area contributed by atoms with Crippen LogP contribution in [0.1, 0.15) is 36.2 Å². The SMILES string of the molecule is O=C(NC1(CO)CCCC1)c1cnccn1. The number of hydrogen-bond acceptors (Lipinski definition) is 4. The summed E-state index contributed by atoms with van der Waals surface area (Å²) < 4.78 is 0. The van der Waals surface area contributed by atoms with Crippen LogP contribution in [0.25, 0.3) is 0 Å². The number of aliphatic hydroxyl groups excluding tert-OH is 1. The molecule has 0 aliphatic heterocycles. The topological polar surface area (TPSA) is 75.1 Å². The van der Waals surface area contributed by atoms with Crippen molar-refractivity contribution in [2.24, 2.45) is 0 Å². The molecule has 1 amide bonds. The highest BCUT2D eigenvalue weighted by atomic mass is 16.3. The van der Waals surface area contributed by atoms with E-state index in [1.54, 1.807) is 0 Å². The van der Waals surface area contributed by atoms with Gasteiger partial charge in [-0.3, -0.25) is 9.78 Å². The lowest BCUT2D eigenvalue weighted by Gasteiger charge is -2.27. The van der Waals surface area contributed by atoms with Crippen LogP contribution in [0.5, 0.6) is 0 Å². The van der Waals surface area contributed by atoms with Crippen molar-refractivity contribution in [3.63, 3.8) is 0 Å². The Hall–Kier alpha value is -1.49. The molecule has 0 radical (unpaired) electrons. The second-order valence-corrected chi connectivity index (χ2v) is 4.19. The minimum absolute atomic E-state index is 0.0149. The van der Waals surface area contributed by atoms with Crippen molar-refractivity contribution in [1.29, 1.82) is 0 Å². The largest absolute Gasteiger partial charge is 0.394 e. The Balaban J connectivity index is 2.07. The third-order valence-electron chi connectivity index (χ3n) is 3.04. The Labute approximate surface area is 93.9 Å². The molecule has 0 aromatic carbocycles. The number of aliphatic hydroxyl groups is 1. The third-order valence-corrected chi connectivity index (χ3v) is 3.04. The van der Waals surface area contributed by atoms with Gasteiger partial charge in [0.05, 0.1) is 18.3 Å². The van der Waals surface area contributed by atoms with Crippen LogP contribution in [0.2, 0.25) is 0 Å². The Morgan fingerprint density at radius 2 is 2.19 bits per heavy atom. The molecule has 0 unspecified atom stereocenters. The van der Waals surface area contributed by atoms with Crippen LogP contribution in [0.15, 0.2) is 18.6 Å². The first-order chi connectivity index (χ1) is 7.76. The smallest absolute Gasteiger partial charge is 0.271 e. The number of nitrogens with one attached hydrogen (secondary N) is 1. The highest BCUT2D eigenvalue weighted by Gasteiger charge is 2.35. The number of aromatic nitrogens is 2. The molecule has 86 valence electrons. The molecular weight excluding hydrogens is 206 g/mol. The van der Waals surface area contributed by atoms with Gasteiger partial charge in [0.1, 0.15) is 5.69 Å². The highest BCUT2D eigenvalue weighted by Crippen LogP contribution is 2.29. The van der Waals surface area contributed by atoms with E-state index in [1.807, 2.05) is 0 Å². The van der Waals surface area contributed by atoms with E-state index in [4.69, 9.17) is 0 Å². The number of amides is 1. The van der Waals surface area contributed by atoms with Gasteiger partial charge in [-0.05, 0) is 12.8 Å². The summed E-state index contributed by atoms with van der Waals surface area (Å²) in [6, 6.07) is 0. The number of nitrogens with zero attached hydrogens (tertiary/aromatic N) is 2. The van der Waals surface area contributed by atoms with E-state index in [1.165, 1.54) is 18.6 Å². The molecule has 5 heteroatoms. The van der Waals surface area contributed by atoms with E-state index in [0.29, 0.717) is 5.69 Å². The molecule has 1 aromatic heterocycles. The minimum atomic E-state index is -0.450. The lowest BCUT2D eigenvalue weighted by Crippen LogP contribution is -2.49. The third kappa shape index (κ3) is 2.19. The number of carbonyl (C=O) groups is 1. The van der Waals surface area contributed by atoms with E-state index in [0.717, 1.165) is 25.7 Å². The molecule has 1 fully saturated rings. The average molecular weight is 221 g/mol. The van der Waals surface area contributed by atoms with Gasteiger partial charge in [0.2, 0.25) is 0 Å². The molecule has 16 heavy (non-hydrogen) atoms. The van der Waals surface area contributed by atoms with Gasteiger partial charge in [0.25, 0.3) is 5.91 Å². The van der Waals surface area contributed by atoms with Crippen LogP contribution in [0.3, 0.4) is 0 Å². The van der Waals surface area contributed by atoms with Crippen molar-refractivity contribution in [2.75, 3.05) is 6.61 Å². The fraction of sp³-hybridized carbons (Fsp3) is 0.545. The van der Waals surface area contributed by atoms with Crippen LogP contribution in [0.4, 0.5) is 0 Å². The Bertz CT molecular complexity index is 361. The van der Waals surface area contributed by atoms with E-state index < -0.39 is 5.54 Å². The van der Waals surface area contributed by atoms with Gasteiger partial charge in [-0.15, -0.1) is 0 Å². The molecule has 1 aliphatic carbocycles. The molecule has 1 saturated carbocycles.